The Hall–Kier alpha value is -4.86. The van der Waals surface area contributed by atoms with Gasteiger partial charge in [0.05, 0.1) is 12.0 Å². The summed E-state index contributed by atoms with van der Waals surface area (Å²) in [5.41, 5.74) is 7.91. The Balaban J connectivity index is 1.46. The topological polar surface area (TPSA) is 135 Å². The predicted molar refractivity (Wildman–Crippen MR) is 131 cm³/mol. The lowest BCUT2D eigenvalue weighted by atomic mass is 10.2. The van der Waals surface area contributed by atoms with Crippen LogP contribution in [-0.2, 0) is 17.8 Å². The van der Waals surface area contributed by atoms with E-state index in [1.54, 1.807) is 60.9 Å². The van der Waals surface area contributed by atoms with E-state index in [9.17, 15) is 14.0 Å². The van der Waals surface area contributed by atoms with Crippen molar-refractivity contribution in [3.63, 3.8) is 0 Å². The second-order valence-electron chi connectivity index (χ2n) is 7.56. The molecule has 4 rings (SSSR count). The van der Waals surface area contributed by atoms with Crippen molar-refractivity contribution in [1.82, 2.24) is 15.0 Å². The number of primary amides is 1. The number of hydrogen-bond acceptors (Lipinski definition) is 7. The van der Waals surface area contributed by atoms with Crippen molar-refractivity contribution < 1.29 is 14.0 Å². The van der Waals surface area contributed by atoms with Gasteiger partial charge in [0.15, 0.2) is 0 Å². The Morgan fingerprint density at radius 3 is 2.57 bits per heavy atom. The molecule has 0 saturated carbocycles. The average molecular weight is 471 g/mol. The molecule has 0 saturated heterocycles. The number of carbonyl (C=O) groups is 2. The number of nitrogens with one attached hydrogen (secondary N) is 3. The van der Waals surface area contributed by atoms with E-state index in [0.717, 1.165) is 5.56 Å². The van der Waals surface area contributed by atoms with Crippen molar-refractivity contribution in [2.45, 2.75) is 13.0 Å². The van der Waals surface area contributed by atoms with Gasteiger partial charge in [0.2, 0.25) is 11.9 Å². The Morgan fingerprint density at radius 1 is 0.971 bits per heavy atom. The maximum atomic E-state index is 14.0. The first-order valence-corrected chi connectivity index (χ1v) is 10.7. The van der Waals surface area contributed by atoms with Crippen LogP contribution < -0.4 is 21.7 Å². The SMILES string of the molecule is NC(=O)c1cnc(Nc2cccc(NC(=O)Cc3cccnc3)c2)nc1NCc1ccccc1F. The first-order valence-electron chi connectivity index (χ1n) is 10.7. The molecule has 0 bridgehead atoms. The molecule has 4 aromatic rings. The van der Waals surface area contributed by atoms with Crippen LogP contribution >= 0.6 is 0 Å². The largest absolute Gasteiger partial charge is 0.365 e. The zero-order chi connectivity index (χ0) is 24.6. The second-order valence-corrected chi connectivity index (χ2v) is 7.56. The zero-order valence-electron chi connectivity index (χ0n) is 18.5. The van der Waals surface area contributed by atoms with Crippen molar-refractivity contribution >= 4 is 35.0 Å². The van der Waals surface area contributed by atoms with Gasteiger partial charge in [0, 0.05) is 42.1 Å². The molecule has 0 fully saturated rings. The lowest BCUT2D eigenvalue weighted by molar-refractivity contribution is -0.115. The summed E-state index contributed by atoms with van der Waals surface area (Å²) in [7, 11) is 0. The fourth-order valence-electron chi connectivity index (χ4n) is 3.27. The zero-order valence-corrected chi connectivity index (χ0v) is 18.5. The highest BCUT2D eigenvalue weighted by Crippen LogP contribution is 2.21. The second kappa shape index (κ2) is 10.8. The minimum absolute atomic E-state index is 0.0725. The first-order chi connectivity index (χ1) is 17.0. The molecule has 0 aliphatic carbocycles. The summed E-state index contributed by atoms with van der Waals surface area (Å²) < 4.78 is 14.0. The van der Waals surface area contributed by atoms with E-state index in [1.807, 2.05) is 6.07 Å². The summed E-state index contributed by atoms with van der Waals surface area (Å²) >= 11 is 0. The van der Waals surface area contributed by atoms with E-state index in [0.29, 0.717) is 16.9 Å². The van der Waals surface area contributed by atoms with Gasteiger partial charge >= 0.3 is 0 Å². The molecule has 0 aliphatic heterocycles. The highest BCUT2D eigenvalue weighted by atomic mass is 19.1. The summed E-state index contributed by atoms with van der Waals surface area (Å²) in [5, 5.41) is 8.82. The summed E-state index contributed by atoms with van der Waals surface area (Å²) in [6.07, 6.45) is 4.78. The lowest BCUT2D eigenvalue weighted by Crippen LogP contribution is -2.17. The Kier molecular flexibility index (Phi) is 7.22. The van der Waals surface area contributed by atoms with Gasteiger partial charge in [-0.05, 0) is 35.9 Å². The fourth-order valence-corrected chi connectivity index (χ4v) is 3.27. The van der Waals surface area contributed by atoms with E-state index in [1.165, 1.54) is 12.3 Å². The summed E-state index contributed by atoms with van der Waals surface area (Å²) in [5.74, 6) is -0.928. The minimum Gasteiger partial charge on any atom is -0.365 e. The third-order valence-corrected chi connectivity index (χ3v) is 4.95. The molecule has 2 heterocycles. The van der Waals surface area contributed by atoms with Crippen LogP contribution in [0.1, 0.15) is 21.5 Å². The van der Waals surface area contributed by atoms with Crippen LogP contribution in [0.15, 0.2) is 79.3 Å². The molecule has 0 spiro atoms. The van der Waals surface area contributed by atoms with Gasteiger partial charge in [-0.25, -0.2) is 9.37 Å². The molecular weight excluding hydrogens is 449 g/mol. The maximum absolute atomic E-state index is 14.0. The van der Waals surface area contributed by atoms with Crippen molar-refractivity contribution in [3.05, 3.63) is 102 Å². The van der Waals surface area contributed by atoms with Crippen LogP contribution in [0, 0.1) is 5.82 Å². The molecule has 0 radical (unpaired) electrons. The molecular formula is C25H22FN7O2. The number of anilines is 4. The molecule has 176 valence electrons. The Labute approximate surface area is 200 Å². The fraction of sp³-hybridized carbons (Fsp3) is 0.0800. The van der Waals surface area contributed by atoms with Crippen molar-refractivity contribution in [3.8, 4) is 0 Å². The minimum atomic E-state index is -0.717. The number of carbonyl (C=O) groups excluding carboxylic acids is 2. The molecule has 0 atom stereocenters. The highest BCUT2D eigenvalue weighted by Gasteiger charge is 2.13. The molecule has 0 aliphatic rings. The third-order valence-electron chi connectivity index (χ3n) is 4.95. The van der Waals surface area contributed by atoms with Crippen LogP contribution in [0.4, 0.5) is 27.5 Å². The summed E-state index contributed by atoms with van der Waals surface area (Å²) in [6.45, 7) is 0.0991. The highest BCUT2D eigenvalue weighted by molar-refractivity contribution is 5.97. The van der Waals surface area contributed by atoms with Gasteiger partial charge in [0.1, 0.15) is 11.6 Å². The average Bonchev–Trinajstić information content (AvgIpc) is 2.84. The van der Waals surface area contributed by atoms with Crippen LogP contribution in [0.3, 0.4) is 0 Å². The van der Waals surface area contributed by atoms with Gasteiger partial charge in [-0.3, -0.25) is 14.6 Å². The monoisotopic (exact) mass is 471 g/mol. The predicted octanol–water partition coefficient (Wildman–Crippen LogP) is 3.65. The first kappa shape index (κ1) is 23.3. The molecule has 2 amide bonds. The third kappa shape index (κ3) is 6.35. The van der Waals surface area contributed by atoms with E-state index >= 15 is 0 Å². The smallest absolute Gasteiger partial charge is 0.254 e. The normalized spacial score (nSPS) is 10.4. The van der Waals surface area contributed by atoms with Crippen molar-refractivity contribution in [1.29, 1.82) is 0 Å². The number of rotatable bonds is 9. The number of nitrogens with two attached hydrogens (primary N) is 1. The molecule has 35 heavy (non-hydrogen) atoms. The van der Waals surface area contributed by atoms with Crippen LogP contribution in [0.2, 0.25) is 0 Å². The molecule has 9 nitrogen and oxygen atoms in total. The Morgan fingerprint density at radius 2 is 1.80 bits per heavy atom. The molecule has 2 aromatic heterocycles. The van der Waals surface area contributed by atoms with Crippen molar-refractivity contribution in [2.24, 2.45) is 5.73 Å². The number of aromatic nitrogens is 3. The summed E-state index contributed by atoms with van der Waals surface area (Å²) in [6, 6.07) is 16.9. The lowest BCUT2D eigenvalue weighted by Gasteiger charge is -2.12. The number of nitrogens with zero attached hydrogens (tertiary/aromatic N) is 3. The van der Waals surface area contributed by atoms with Gasteiger partial charge in [-0.1, -0.05) is 30.3 Å². The van der Waals surface area contributed by atoms with E-state index in [2.05, 4.69) is 30.9 Å². The van der Waals surface area contributed by atoms with E-state index in [-0.39, 0.29) is 42.0 Å². The molecule has 5 N–H and O–H groups in total. The Bertz CT molecular complexity index is 1350. The van der Waals surface area contributed by atoms with Crippen LogP contribution in [0.25, 0.3) is 0 Å². The number of benzene rings is 2. The van der Waals surface area contributed by atoms with Crippen LogP contribution in [0.5, 0.6) is 0 Å². The molecule has 2 aromatic carbocycles. The van der Waals surface area contributed by atoms with Gasteiger partial charge in [-0.15, -0.1) is 0 Å². The molecule has 10 heteroatoms. The van der Waals surface area contributed by atoms with Crippen LogP contribution in [-0.4, -0.2) is 26.8 Å². The quantitative estimate of drug-likeness (QED) is 0.293. The number of amides is 2. The van der Waals surface area contributed by atoms with Crippen molar-refractivity contribution in [2.75, 3.05) is 16.0 Å². The maximum Gasteiger partial charge on any atom is 0.254 e. The standard InChI is InChI=1S/C25H22FN7O2/c26-21-9-2-1-6-17(21)14-29-24-20(23(27)35)15-30-25(33-24)32-19-8-3-7-18(12-19)31-22(34)11-16-5-4-10-28-13-16/h1-10,12-13,15H,11,14H2,(H2,27,35)(H,31,34)(H2,29,30,32,33). The number of halogens is 1. The van der Waals surface area contributed by atoms with E-state index in [4.69, 9.17) is 5.73 Å². The van der Waals surface area contributed by atoms with Gasteiger partial charge < -0.3 is 21.7 Å². The van der Waals surface area contributed by atoms with Gasteiger partial charge in [0.25, 0.3) is 5.91 Å². The summed E-state index contributed by atoms with van der Waals surface area (Å²) in [4.78, 5) is 36.6. The van der Waals surface area contributed by atoms with E-state index < -0.39 is 5.91 Å². The van der Waals surface area contributed by atoms with Gasteiger partial charge in [-0.2, -0.15) is 4.98 Å². The number of hydrogen-bond donors (Lipinski definition) is 4. The number of pyridine rings is 1. The molecule has 0 unspecified atom stereocenters.